The molecule has 0 fully saturated rings. The quantitative estimate of drug-likeness (QED) is 0.473. The van der Waals surface area contributed by atoms with E-state index in [-0.39, 0.29) is 26.4 Å². The fourth-order valence-electron chi connectivity index (χ4n) is 0.776. The summed E-state index contributed by atoms with van der Waals surface area (Å²) in [6.07, 6.45) is 6.94. The van der Waals surface area contributed by atoms with Gasteiger partial charge in [0.05, 0.1) is 0 Å². The topological polar surface area (TPSA) is 61.8 Å². The molecule has 17 heavy (non-hydrogen) atoms. The van der Waals surface area contributed by atoms with Crippen molar-refractivity contribution in [2.45, 2.75) is 13.8 Å². The summed E-state index contributed by atoms with van der Waals surface area (Å²) < 4.78 is 14.3. The van der Waals surface area contributed by atoms with E-state index in [0.717, 1.165) is 0 Å². The third-order valence-corrected chi connectivity index (χ3v) is 1.59. The zero-order chi connectivity index (χ0) is 12.9. The van der Waals surface area contributed by atoms with Crippen molar-refractivity contribution < 1.29 is 23.8 Å². The van der Waals surface area contributed by atoms with Crippen molar-refractivity contribution in [2.24, 2.45) is 0 Å². The van der Waals surface area contributed by atoms with Crippen molar-refractivity contribution in [3.05, 3.63) is 24.3 Å². The maximum absolute atomic E-state index is 11.0. The summed E-state index contributed by atoms with van der Waals surface area (Å²) in [4.78, 5) is 22.0. The van der Waals surface area contributed by atoms with E-state index in [1.165, 1.54) is 0 Å². The van der Waals surface area contributed by atoms with Crippen molar-refractivity contribution in [2.75, 3.05) is 26.4 Å². The Morgan fingerprint density at radius 1 is 0.882 bits per heavy atom. The average Bonchev–Trinajstić information content (AvgIpc) is 2.30. The molecule has 0 aliphatic rings. The minimum atomic E-state index is -0.510. The van der Waals surface area contributed by atoms with Crippen molar-refractivity contribution >= 4 is 11.9 Å². The summed E-state index contributed by atoms with van der Waals surface area (Å²) in [5.41, 5.74) is 0. The van der Waals surface area contributed by atoms with Crippen LogP contribution in [0.3, 0.4) is 0 Å². The van der Waals surface area contributed by atoms with Crippen molar-refractivity contribution in [3.63, 3.8) is 0 Å². The molecule has 0 aromatic heterocycles. The van der Waals surface area contributed by atoms with Crippen LogP contribution in [-0.4, -0.2) is 38.4 Å². The van der Waals surface area contributed by atoms with Gasteiger partial charge >= 0.3 is 11.9 Å². The lowest BCUT2D eigenvalue weighted by Gasteiger charge is -2.04. The number of rotatable bonds is 8. The van der Waals surface area contributed by atoms with Gasteiger partial charge in [-0.2, -0.15) is 0 Å². The van der Waals surface area contributed by atoms with Crippen molar-refractivity contribution in [1.82, 2.24) is 0 Å². The van der Waals surface area contributed by atoms with E-state index in [4.69, 9.17) is 14.2 Å². The van der Waals surface area contributed by atoms with Gasteiger partial charge in [-0.3, -0.25) is 0 Å². The monoisotopic (exact) mass is 242 g/mol. The summed E-state index contributed by atoms with van der Waals surface area (Å²) in [6, 6.07) is 0. The van der Waals surface area contributed by atoms with Crippen LogP contribution in [0.4, 0.5) is 0 Å². The summed E-state index contributed by atoms with van der Waals surface area (Å²) in [7, 11) is 0. The van der Waals surface area contributed by atoms with Crippen LogP contribution in [0.25, 0.3) is 0 Å². The maximum atomic E-state index is 11.0. The molecule has 0 saturated carbocycles. The van der Waals surface area contributed by atoms with Crippen LogP contribution >= 0.6 is 0 Å². The largest absolute Gasteiger partial charge is 0.460 e. The lowest BCUT2D eigenvalue weighted by molar-refractivity contribution is -0.154. The van der Waals surface area contributed by atoms with E-state index >= 15 is 0 Å². The van der Waals surface area contributed by atoms with Crippen LogP contribution < -0.4 is 0 Å². The van der Waals surface area contributed by atoms with Gasteiger partial charge in [0, 0.05) is 0 Å². The predicted octanol–water partition coefficient (Wildman–Crippen LogP) is 1.24. The van der Waals surface area contributed by atoms with Crippen LogP contribution in [0.15, 0.2) is 24.3 Å². The first kappa shape index (κ1) is 15.4. The number of hydrogen-bond donors (Lipinski definition) is 0. The molecule has 0 saturated heterocycles. The van der Waals surface area contributed by atoms with E-state index < -0.39 is 11.9 Å². The van der Waals surface area contributed by atoms with E-state index in [0.29, 0.717) is 0 Å². The molecule has 0 unspecified atom stereocenters. The van der Waals surface area contributed by atoms with E-state index in [1.807, 2.05) is 13.8 Å². The number of ether oxygens (including phenoxy) is 3. The van der Waals surface area contributed by atoms with Gasteiger partial charge in [0.25, 0.3) is 0 Å². The van der Waals surface area contributed by atoms with Crippen LogP contribution in [0.1, 0.15) is 13.8 Å². The molecule has 0 N–H and O–H groups in total. The Balaban J connectivity index is 3.48. The van der Waals surface area contributed by atoms with Crippen LogP contribution in [0, 0.1) is 0 Å². The highest BCUT2D eigenvalue weighted by molar-refractivity contribution is 5.73. The lowest BCUT2D eigenvalue weighted by atomic mass is 10.5. The van der Waals surface area contributed by atoms with Crippen LogP contribution in [-0.2, 0) is 23.8 Å². The highest BCUT2D eigenvalue weighted by Gasteiger charge is 2.05. The maximum Gasteiger partial charge on any atom is 0.332 e. The normalized spacial score (nSPS) is 10.9. The Labute approximate surface area is 101 Å². The Hall–Kier alpha value is -1.62. The molecule has 0 rings (SSSR count). The van der Waals surface area contributed by atoms with Crippen LogP contribution in [0.2, 0.25) is 0 Å². The fourth-order valence-corrected chi connectivity index (χ4v) is 0.776. The molecule has 0 amide bonds. The van der Waals surface area contributed by atoms with Gasteiger partial charge < -0.3 is 14.2 Å². The molecule has 5 heteroatoms. The van der Waals surface area contributed by atoms with Crippen molar-refractivity contribution in [1.29, 1.82) is 0 Å². The fraction of sp³-hybridized carbons (Fsp3) is 0.500. The Morgan fingerprint density at radius 3 is 1.65 bits per heavy atom. The zero-order valence-electron chi connectivity index (χ0n) is 10.2. The number of esters is 2. The van der Waals surface area contributed by atoms with E-state index in [9.17, 15) is 9.59 Å². The molecular weight excluding hydrogens is 224 g/mol. The molecule has 0 spiro atoms. The molecular formula is C12H18O5. The molecule has 0 aliphatic heterocycles. The molecule has 0 aliphatic carbocycles. The second kappa shape index (κ2) is 10.9. The molecule has 0 aromatic rings. The van der Waals surface area contributed by atoms with Gasteiger partial charge in [-0.15, -0.1) is 0 Å². The molecule has 0 heterocycles. The first-order chi connectivity index (χ1) is 8.20. The summed E-state index contributed by atoms with van der Waals surface area (Å²) in [5, 5.41) is 0. The third-order valence-electron chi connectivity index (χ3n) is 1.59. The minimum Gasteiger partial charge on any atom is -0.460 e. The molecule has 0 bridgehead atoms. The molecule has 5 nitrogen and oxygen atoms in total. The predicted molar refractivity (Wildman–Crippen MR) is 62.4 cm³/mol. The van der Waals surface area contributed by atoms with Gasteiger partial charge in [-0.1, -0.05) is 24.3 Å². The average molecular weight is 242 g/mol. The SMILES string of the molecule is C/C=C/COC(=O)COCC(=O)OC/C=C/C. The summed E-state index contributed by atoms with van der Waals surface area (Å²) in [5.74, 6) is -1.02. The van der Waals surface area contributed by atoms with Crippen LogP contribution in [0.5, 0.6) is 0 Å². The number of carbonyl (C=O) groups excluding carboxylic acids is 2. The first-order valence-electron chi connectivity index (χ1n) is 5.32. The Bertz CT molecular complexity index is 253. The Kier molecular flexibility index (Phi) is 9.85. The number of hydrogen-bond acceptors (Lipinski definition) is 5. The van der Waals surface area contributed by atoms with Crippen molar-refractivity contribution in [3.8, 4) is 0 Å². The van der Waals surface area contributed by atoms with Gasteiger partial charge in [0.2, 0.25) is 0 Å². The third kappa shape index (κ3) is 10.7. The van der Waals surface area contributed by atoms with E-state index in [1.54, 1.807) is 24.3 Å². The summed E-state index contributed by atoms with van der Waals surface area (Å²) in [6.45, 7) is 3.57. The highest BCUT2D eigenvalue weighted by Crippen LogP contribution is 1.86. The molecule has 0 aromatic carbocycles. The minimum absolute atomic E-state index is 0.213. The standard InChI is InChI=1S/C12H18O5/c1-3-5-7-16-11(13)9-15-10-12(14)17-8-6-4-2/h3-6H,7-10H2,1-2H3/b5-3+,6-4+. The van der Waals surface area contributed by atoms with Gasteiger partial charge in [-0.25, -0.2) is 9.59 Å². The Morgan fingerprint density at radius 2 is 1.29 bits per heavy atom. The molecule has 0 radical (unpaired) electrons. The molecule has 0 atom stereocenters. The first-order valence-corrected chi connectivity index (χ1v) is 5.32. The zero-order valence-corrected chi connectivity index (χ0v) is 10.2. The second-order valence-corrected chi connectivity index (χ2v) is 3.00. The van der Waals surface area contributed by atoms with Gasteiger partial charge in [0.1, 0.15) is 26.4 Å². The van der Waals surface area contributed by atoms with Gasteiger partial charge in [-0.05, 0) is 13.8 Å². The smallest absolute Gasteiger partial charge is 0.332 e. The van der Waals surface area contributed by atoms with Gasteiger partial charge in [0.15, 0.2) is 0 Å². The number of allylic oxidation sites excluding steroid dienone is 2. The lowest BCUT2D eigenvalue weighted by Crippen LogP contribution is -2.18. The number of carbonyl (C=O) groups is 2. The summed E-state index contributed by atoms with van der Waals surface area (Å²) >= 11 is 0. The highest BCUT2D eigenvalue weighted by atomic mass is 16.6. The second-order valence-electron chi connectivity index (χ2n) is 3.00. The molecule has 96 valence electrons. The van der Waals surface area contributed by atoms with E-state index in [2.05, 4.69) is 0 Å².